The van der Waals surface area contributed by atoms with Crippen molar-refractivity contribution < 1.29 is 0 Å². The third kappa shape index (κ3) is 11.3. The van der Waals surface area contributed by atoms with Gasteiger partial charge < -0.3 is 0 Å². The zero-order chi connectivity index (χ0) is 81.0. The molecule has 0 radical (unpaired) electrons. The molecule has 0 unspecified atom stereocenters. The van der Waals surface area contributed by atoms with Crippen molar-refractivity contribution in [2.45, 2.75) is 78.6 Å². The second-order valence-corrected chi connectivity index (χ2v) is 34.9. The molecule has 0 spiro atoms. The van der Waals surface area contributed by atoms with Crippen molar-refractivity contribution >= 4 is 97.3 Å². The summed E-state index contributed by atoms with van der Waals surface area (Å²) in [6.07, 6.45) is 5.68. The molecule has 4 nitrogen and oxygen atoms in total. The summed E-state index contributed by atoms with van der Waals surface area (Å²) in [6, 6.07) is 125. The van der Waals surface area contributed by atoms with Gasteiger partial charge in [-0.2, -0.15) is 0 Å². The van der Waals surface area contributed by atoms with E-state index >= 15 is 0 Å². The normalized spacial score (nSPS) is 13.6. The standard InChI is InChI=1S/C42H30N2.C39H29N.C35H27N/c1-25-14-19-33-34(23-25)38(28-17-20-30-29-10-6-7-13-35(29)42(2,3)36(30)24-28)31-11-4-5-12-32(31)39(33)37-21-18-27-16-15-26-9-8-22-43-40(26)41(27)44-37;1-24-16-19-31-32(22-24)37(26-17-20-28-27-11-7-8-14-33(27)39(2,3)34(28)23-26)29-12-5-6-13-30(29)38(31)36-21-18-25-10-4-9-15-35(25)40-36;1-22-14-16-29-30(19-22)33(27-11-4-5-12-28(27)34(29)24-9-8-18-36-21-24)23-15-17-26-25-10-6-7-13-31(25)35(2,3)32(26)20-23/h4-24H,1-3H3;4-23H,1-3H3;4-21H,1-3H3. The predicted octanol–water partition coefficient (Wildman–Crippen LogP) is 30.9. The zero-order valence-corrected chi connectivity index (χ0v) is 68.9. The number of fused-ring (bicyclic) bond motifs is 19. The molecule has 0 fully saturated rings. The molecule has 0 N–H and O–H groups in total. The summed E-state index contributed by atoms with van der Waals surface area (Å²) in [5.74, 6) is 0. The van der Waals surface area contributed by atoms with Crippen LogP contribution in [0.4, 0.5) is 0 Å². The van der Waals surface area contributed by atoms with Crippen LogP contribution in [0.25, 0.3) is 198 Å². The number of aromatic nitrogens is 4. The van der Waals surface area contributed by atoms with Crippen molar-refractivity contribution in [1.29, 1.82) is 0 Å². The Kier molecular flexibility index (Phi) is 16.6. The van der Waals surface area contributed by atoms with Crippen LogP contribution in [-0.2, 0) is 16.2 Å². The third-order valence-corrected chi connectivity index (χ3v) is 26.6. The molecule has 0 bridgehead atoms. The number of nitrogens with zero attached hydrogens (tertiary/aromatic N) is 4. The maximum Gasteiger partial charge on any atom is 0.0972 e. The second-order valence-electron chi connectivity index (χ2n) is 34.9. The fraction of sp³-hybridized carbons (Fsp3) is 0.103. The first-order valence-corrected chi connectivity index (χ1v) is 42.0. The van der Waals surface area contributed by atoms with Gasteiger partial charge in [0.1, 0.15) is 0 Å². The topological polar surface area (TPSA) is 51.6 Å². The zero-order valence-electron chi connectivity index (χ0n) is 68.9. The molecule has 17 aromatic carbocycles. The van der Waals surface area contributed by atoms with E-state index in [0.29, 0.717) is 0 Å². The Bertz CT molecular complexity index is 7910. The first-order chi connectivity index (χ1) is 58.5. The van der Waals surface area contributed by atoms with Gasteiger partial charge in [0, 0.05) is 67.7 Å². The Morgan fingerprint density at radius 2 is 0.550 bits per heavy atom. The average Bonchev–Trinajstić information content (AvgIpc) is 1.39. The number of benzene rings is 17. The van der Waals surface area contributed by atoms with Gasteiger partial charge in [-0.1, -0.05) is 349 Å². The van der Waals surface area contributed by atoms with Gasteiger partial charge in [0.25, 0.3) is 0 Å². The first-order valence-electron chi connectivity index (χ1n) is 42.0. The Morgan fingerprint density at radius 3 is 0.992 bits per heavy atom. The van der Waals surface area contributed by atoms with Gasteiger partial charge in [-0.05, 0) is 240 Å². The highest BCUT2D eigenvalue weighted by atomic mass is 14.8. The van der Waals surface area contributed by atoms with Crippen LogP contribution in [0.5, 0.6) is 0 Å². The van der Waals surface area contributed by atoms with E-state index in [0.717, 1.165) is 49.7 Å². The molecule has 0 saturated carbocycles. The minimum atomic E-state index is -0.0603. The van der Waals surface area contributed by atoms with Crippen LogP contribution in [0.1, 0.15) is 91.6 Å². The van der Waals surface area contributed by atoms with Gasteiger partial charge in [0.05, 0.1) is 27.9 Å². The lowest BCUT2D eigenvalue weighted by molar-refractivity contribution is 0.660. The Morgan fingerprint density at radius 1 is 0.217 bits per heavy atom. The van der Waals surface area contributed by atoms with Crippen LogP contribution in [0.15, 0.2) is 358 Å². The number of para-hydroxylation sites is 1. The van der Waals surface area contributed by atoms with E-state index in [1.807, 2.05) is 30.7 Å². The van der Waals surface area contributed by atoms with E-state index in [9.17, 15) is 0 Å². The molecule has 0 aliphatic heterocycles. The van der Waals surface area contributed by atoms with Crippen molar-refractivity contribution in [3.8, 4) is 100 Å². The molecule has 3 aliphatic rings. The lowest BCUT2D eigenvalue weighted by Crippen LogP contribution is -2.14. The molecular formula is C116H86N4. The van der Waals surface area contributed by atoms with Gasteiger partial charge in [-0.15, -0.1) is 0 Å². The Labute approximate surface area is 699 Å². The molecule has 570 valence electrons. The predicted molar refractivity (Wildman–Crippen MR) is 508 cm³/mol. The average molecular weight is 1540 g/mol. The highest BCUT2D eigenvalue weighted by Crippen LogP contribution is 2.56. The highest BCUT2D eigenvalue weighted by molar-refractivity contribution is 6.25. The summed E-state index contributed by atoms with van der Waals surface area (Å²) in [6.45, 7) is 20.7. The van der Waals surface area contributed by atoms with Crippen LogP contribution in [0, 0.1) is 20.8 Å². The van der Waals surface area contributed by atoms with Crippen LogP contribution in [0.2, 0.25) is 0 Å². The second kappa shape index (κ2) is 27.7. The van der Waals surface area contributed by atoms with E-state index in [2.05, 4.69) is 395 Å². The molecule has 4 heteroatoms. The molecule has 4 aromatic heterocycles. The first kappa shape index (κ1) is 72.2. The van der Waals surface area contributed by atoms with Gasteiger partial charge in [0.2, 0.25) is 0 Å². The highest BCUT2D eigenvalue weighted by Gasteiger charge is 2.39. The number of aryl methyl sites for hydroxylation is 3. The van der Waals surface area contributed by atoms with E-state index in [1.165, 1.54) is 198 Å². The van der Waals surface area contributed by atoms with Crippen LogP contribution < -0.4 is 0 Å². The third-order valence-electron chi connectivity index (χ3n) is 26.6. The Balaban J connectivity index is 0.000000109. The number of rotatable bonds is 6. The number of hydrogen-bond acceptors (Lipinski definition) is 4. The fourth-order valence-corrected chi connectivity index (χ4v) is 20.8. The van der Waals surface area contributed by atoms with E-state index < -0.39 is 0 Å². The summed E-state index contributed by atoms with van der Waals surface area (Å²) >= 11 is 0. The summed E-state index contributed by atoms with van der Waals surface area (Å²) in [7, 11) is 0. The maximum absolute atomic E-state index is 5.33. The van der Waals surface area contributed by atoms with Gasteiger partial charge >= 0.3 is 0 Å². The number of pyridine rings is 4. The lowest BCUT2D eigenvalue weighted by atomic mass is 9.80. The van der Waals surface area contributed by atoms with Crippen molar-refractivity contribution in [2.75, 3.05) is 0 Å². The largest absolute Gasteiger partial charge is 0.264 e. The molecule has 0 saturated heterocycles. The van der Waals surface area contributed by atoms with Crippen molar-refractivity contribution in [1.82, 2.24) is 19.9 Å². The number of hydrogen-bond donors (Lipinski definition) is 0. The summed E-state index contributed by atoms with van der Waals surface area (Å²) in [5, 5.41) is 18.4. The molecule has 4 heterocycles. The molecule has 120 heavy (non-hydrogen) atoms. The van der Waals surface area contributed by atoms with Crippen molar-refractivity contribution in [3.63, 3.8) is 0 Å². The maximum atomic E-state index is 5.33. The minimum absolute atomic E-state index is 0.0287. The van der Waals surface area contributed by atoms with E-state index in [1.54, 1.807) is 0 Å². The van der Waals surface area contributed by atoms with Gasteiger partial charge in [-0.3, -0.25) is 9.97 Å². The fourth-order valence-electron chi connectivity index (χ4n) is 20.8. The molecule has 21 aromatic rings. The molecule has 3 aliphatic carbocycles. The van der Waals surface area contributed by atoms with Gasteiger partial charge in [-0.25, -0.2) is 9.97 Å². The van der Waals surface area contributed by atoms with Crippen LogP contribution in [-0.4, -0.2) is 19.9 Å². The van der Waals surface area contributed by atoms with E-state index in [-0.39, 0.29) is 16.2 Å². The van der Waals surface area contributed by atoms with Crippen LogP contribution >= 0.6 is 0 Å². The molecule has 0 atom stereocenters. The summed E-state index contributed by atoms with van der Waals surface area (Å²) in [5.41, 5.74) is 37.5. The minimum Gasteiger partial charge on any atom is -0.264 e. The summed E-state index contributed by atoms with van der Waals surface area (Å²) in [4.78, 5) is 19.7. The van der Waals surface area contributed by atoms with Crippen molar-refractivity contribution in [3.05, 3.63) is 408 Å². The monoisotopic (exact) mass is 1530 g/mol. The molecular weight excluding hydrogens is 1450 g/mol. The lowest BCUT2D eigenvalue weighted by Gasteiger charge is -2.23. The smallest absolute Gasteiger partial charge is 0.0972 e. The van der Waals surface area contributed by atoms with Crippen molar-refractivity contribution in [2.24, 2.45) is 0 Å². The van der Waals surface area contributed by atoms with Crippen LogP contribution in [0.3, 0.4) is 0 Å². The molecule has 24 rings (SSSR count). The summed E-state index contributed by atoms with van der Waals surface area (Å²) < 4.78 is 0. The van der Waals surface area contributed by atoms with Gasteiger partial charge in [0.15, 0.2) is 0 Å². The van der Waals surface area contributed by atoms with E-state index in [4.69, 9.17) is 15.0 Å². The Hall–Kier alpha value is -14.3. The quantitative estimate of drug-likeness (QED) is 0.123. The molecule has 0 amide bonds. The SMILES string of the molecule is Cc1ccc2c(-c3ccc4ccc5cccnc5c4n3)c3ccccc3c(-c3ccc4c(c3)C(C)(C)c3ccccc3-4)c2c1.Cc1ccc2c(-c3ccc4ccccc4n3)c3ccccc3c(-c3ccc4c(c3)C(C)(C)c3ccccc3-4)c2c1.Cc1ccc2c(-c3cccnc3)c3ccccc3c(-c3ccc4c(c3)C(C)(C)c3ccccc3-4)c2c1.